The molecule has 0 unspecified atom stereocenters. The predicted octanol–water partition coefficient (Wildman–Crippen LogP) is 1.19. The first-order valence-corrected chi connectivity index (χ1v) is 7.56. The van der Waals surface area contributed by atoms with E-state index in [9.17, 15) is 22.9 Å². The Kier molecular flexibility index (Phi) is 6.02. The van der Waals surface area contributed by atoms with Gasteiger partial charge in [-0.25, -0.2) is 13.1 Å². The molecule has 1 saturated heterocycles. The molecule has 7 nitrogen and oxygen atoms in total. The van der Waals surface area contributed by atoms with Gasteiger partial charge in [-0.05, 0) is 31.5 Å². The van der Waals surface area contributed by atoms with E-state index in [1.807, 2.05) is 0 Å². The second-order valence-corrected chi connectivity index (χ2v) is 6.19. The number of halogens is 2. The maximum atomic E-state index is 13.5. The van der Waals surface area contributed by atoms with Crippen molar-refractivity contribution in [2.45, 2.75) is 23.8 Å². The van der Waals surface area contributed by atoms with E-state index in [4.69, 9.17) is 0 Å². The summed E-state index contributed by atoms with van der Waals surface area (Å²) in [4.78, 5) is 9.17. The fourth-order valence-corrected chi connectivity index (χ4v) is 3.58. The molecule has 1 aliphatic heterocycles. The Morgan fingerprint density at radius 3 is 2.71 bits per heavy atom. The number of nitro benzene ring substituents is 1. The van der Waals surface area contributed by atoms with Gasteiger partial charge < -0.3 is 5.32 Å². The third kappa shape index (κ3) is 4.10. The van der Waals surface area contributed by atoms with Crippen LogP contribution in [0, 0.1) is 15.9 Å². The summed E-state index contributed by atoms with van der Waals surface area (Å²) in [5.41, 5.74) is -1.02. The van der Waals surface area contributed by atoms with E-state index in [1.165, 1.54) is 0 Å². The largest absolute Gasteiger partial charge is 0.324 e. The van der Waals surface area contributed by atoms with Crippen molar-refractivity contribution in [1.82, 2.24) is 10.0 Å². The normalized spacial score (nSPS) is 18.8. The summed E-state index contributed by atoms with van der Waals surface area (Å²) >= 11 is 0. The van der Waals surface area contributed by atoms with Gasteiger partial charge in [0.2, 0.25) is 15.8 Å². The monoisotopic (exact) mass is 339 g/mol. The van der Waals surface area contributed by atoms with Gasteiger partial charge in [-0.15, -0.1) is 12.4 Å². The van der Waals surface area contributed by atoms with Gasteiger partial charge in [0, 0.05) is 12.6 Å². The minimum atomic E-state index is -4.13. The smallest absolute Gasteiger partial charge is 0.315 e. The third-order valence-electron chi connectivity index (χ3n) is 3.04. The number of hydrogen-bond donors (Lipinski definition) is 2. The summed E-state index contributed by atoms with van der Waals surface area (Å²) in [6.45, 7) is 1.25. The Morgan fingerprint density at radius 1 is 1.43 bits per heavy atom. The van der Waals surface area contributed by atoms with Crippen LogP contribution in [0.5, 0.6) is 0 Å². The fourth-order valence-electron chi connectivity index (χ4n) is 2.12. The Bertz CT molecular complexity index is 620. The highest BCUT2D eigenvalue weighted by atomic mass is 35.5. The van der Waals surface area contributed by atoms with Crippen molar-refractivity contribution in [3.63, 3.8) is 0 Å². The molecule has 2 N–H and O–H groups in total. The lowest BCUT2D eigenvalue weighted by Gasteiger charge is -2.23. The van der Waals surface area contributed by atoms with Gasteiger partial charge >= 0.3 is 5.69 Å². The highest BCUT2D eigenvalue weighted by Gasteiger charge is 2.31. The van der Waals surface area contributed by atoms with Gasteiger partial charge in [-0.1, -0.05) is 6.07 Å². The maximum Gasteiger partial charge on any atom is 0.324 e. The van der Waals surface area contributed by atoms with Gasteiger partial charge in [0.05, 0.1) is 4.92 Å². The number of piperidine rings is 1. The number of nitrogens with zero attached hydrogens (tertiary/aromatic N) is 1. The Labute approximate surface area is 127 Å². The summed E-state index contributed by atoms with van der Waals surface area (Å²) in [6.07, 6.45) is 1.44. The molecular weight excluding hydrogens is 325 g/mol. The first-order chi connectivity index (χ1) is 9.42. The molecule has 1 aromatic carbocycles. The number of rotatable bonds is 4. The summed E-state index contributed by atoms with van der Waals surface area (Å²) in [6, 6.07) is 2.67. The number of benzene rings is 1. The number of para-hydroxylation sites is 1. The highest BCUT2D eigenvalue weighted by molar-refractivity contribution is 7.89. The zero-order valence-corrected chi connectivity index (χ0v) is 12.5. The maximum absolute atomic E-state index is 13.5. The molecule has 10 heteroatoms. The van der Waals surface area contributed by atoms with E-state index >= 15 is 0 Å². The lowest BCUT2D eigenvalue weighted by Crippen LogP contribution is -2.45. The Balaban J connectivity index is 0.00000220. The zero-order chi connectivity index (χ0) is 14.8. The molecule has 118 valence electrons. The molecule has 1 heterocycles. The molecule has 0 spiro atoms. The molecule has 0 amide bonds. The molecule has 1 aliphatic rings. The number of nitrogens with one attached hydrogen (secondary N) is 2. The van der Waals surface area contributed by atoms with Crippen molar-refractivity contribution < 1.29 is 17.7 Å². The summed E-state index contributed by atoms with van der Waals surface area (Å²) < 4.78 is 40.2. The van der Waals surface area contributed by atoms with Crippen molar-refractivity contribution in [1.29, 1.82) is 0 Å². The standard InChI is InChI=1S/C11H14FN3O4S.ClH/c12-9-4-1-5-10(11(9)15(16)17)20(18,19)14-8-3-2-6-13-7-8;/h1,4-5,8,13-14H,2-3,6-7H2;1H/t8-;/m1./s1. The summed E-state index contributed by atoms with van der Waals surface area (Å²) in [5, 5.41) is 13.9. The molecule has 1 atom stereocenters. The number of sulfonamides is 1. The Morgan fingerprint density at radius 2 is 2.14 bits per heavy atom. The number of hydrogen-bond acceptors (Lipinski definition) is 5. The van der Waals surface area contributed by atoms with E-state index in [0.717, 1.165) is 31.2 Å². The van der Waals surface area contributed by atoms with Crippen LogP contribution >= 0.6 is 12.4 Å². The van der Waals surface area contributed by atoms with Crippen LogP contribution in [0.1, 0.15) is 12.8 Å². The first kappa shape index (κ1) is 17.8. The van der Waals surface area contributed by atoms with Crippen LogP contribution in [0.15, 0.2) is 23.1 Å². The lowest BCUT2D eigenvalue weighted by atomic mass is 10.1. The molecular formula is C11H15ClFN3O4S. The molecule has 1 fully saturated rings. The van der Waals surface area contributed by atoms with E-state index in [0.29, 0.717) is 13.0 Å². The lowest BCUT2D eigenvalue weighted by molar-refractivity contribution is -0.390. The minimum absolute atomic E-state index is 0. The topological polar surface area (TPSA) is 101 Å². The molecule has 2 rings (SSSR count). The molecule has 0 aromatic heterocycles. The van der Waals surface area contributed by atoms with Gasteiger partial charge in [-0.2, -0.15) is 4.39 Å². The average molecular weight is 340 g/mol. The van der Waals surface area contributed by atoms with E-state index in [1.54, 1.807) is 0 Å². The SMILES string of the molecule is Cl.O=[N+]([O-])c1c(F)cccc1S(=O)(=O)N[C@@H]1CCCNC1. The number of nitro groups is 1. The summed E-state index contributed by atoms with van der Waals surface area (Å²) in [7, 11) is -4.13. The molecule has 21 heavy (non-hydrogen) atoms. The van der Waals surface area contributed by atoms with Gasteiger partial charge in [-0.3, -0.25) is 10.1 Å². The minimum Gasteiger partial charge on any atom is -0.315 e. The highest BCUT2D eigenvalue weighted by Crippen LogP contribution is 2.26. The fraction of sp³-hybridized carbons (Fsp3) is 0.455. The molecule has 0 saturated carbocycles. The predicted molar refractivity (Wildman–Crippen MR) is 76.5 cm³/mol. The molecule has 1 aromatic rings. The quantitative estimate of drug-likeness (QED) is 0.633. The van der Waals surface area contributed by atoms with Crippen molar-refractivity contribution in [3.05, 3.63) is 34.1 Å². The van der Waals surface area contributed by atoms with Crippen LogP contribution in [0.25, 0.3) is 0 Å². The van der Waals surface area contributed by atoms with Crippen molar-refractivity contribution in [2.75, 3.05) is 13.1 Å². The second kappa shape index (κ2) is 7.12. The van der Waals surface area contributed by atoms with Crippen LogP contribution in [0.2, 0.25) is 0 Å². The van der Waals surface area contributed by atoms with E-state index in [2.05, 4.69) is 10.0 Å². The van der Waals surface area contributed by atoms with Crippen molar-refractivity contribution in [3.8, 4) is 0 Å². The van der Waals surface area contributed by atoms with E-state index < -0.39 is 31.3 Å². The van der Waals surface area contributed by atoms with Crippen molar-refractivity contribution in [2.24, 2.45) is 0 Å². The zero-order valence-electron chi connectivity index (χ0n) is 10.9. The average Bonchev–Trinajstić information content (AvgIpc) is 2.38. The molecule has 0 radical (unpaired) electrons. The molecule has 0 aliphatic carbocycles. The van der Waals surface area contributed by atoms with Crippen LogP contribution in [0.3, 0.4) is 0 Å². The van der Waals surface area contributed by atoms with Gasteiger partial charge in [0.25, 0.3) is 0 Å². The first-order valence-electron chi connectivity index (χ1n) is 6.08. The molecule has 0 bridgehead atoms. The summed E-state index contributed by atoms with van der Waals surface area (Å²) in [5.74, 6) is -1.17. The van der Waals surface area contributed by atoms with Crippen LogP contribution in [0.4, 0.5) is 10.1 Å². The van der Waals surface area contributed by atoms with Crippen LogP contribution in [-0.2, 0) is 10.0 Å². The van der Waals surface area contributed by atoms with Crippen LogP contribution < -0.4 is 10.0 Å². The Hall–Kier alpha value is -1.29. The van der Waals surface area contributed by atoms with Crippen LogP contribution in [-0.4, -0.2) is 32.5 Å². The van der Waals surface area contributed by atoms with Gasteiger partial charge in [0.15, 0.2) is 4.90 Å². The van der Waals surface area contributed by atoms with Crippen molar-refractivity contribution >= 4 is 28.1 Å². The second-order valence-electron chi connectivity index (χ2n) is 4.51. The van der Waals surface area contributed by atoms with E-state index in [-0.39, 0.29) is 18.4 Å². The third-order valence-corrected chi connectivity index (χ3v) is 4.59. The van der Waals surface area contributed by atoms with Gasteiger partial charge in [0.1, 0.15) is 0 Å².